The molecule has 2 amide bonds. The summed E-state index contributed by atoms with van der Waals surface area (Å²) in [5.41, 5.74) is 6.61. The van der Waals surface area contributed by atoms with Crippen molar-refractivity contribution >= 4 is 35.1 Å². The Morgan fingerprint density at radius 1 is 1.12 bits per heavy atom. The van der Waals surface area contributed by atoms with Gasteiger partial charge in [-0.1, -0.05) is 30.3 Å². The number of nitrogens with one attached hydrogen (secondary N) is 4. The Morgan fingerprint density at radius 3 is 2.54 bits per heavy atom. The van der Waals surface area contributed by atoms with Gasteiger partial charge >= 0.3 is 23.5 Å². The second-order valence-corrected chi connectivity index (χ2v) is 6.08. The summed E-state index contributed by atoms with van der Waals surface area (Å²) in [6, 6.07) is 16.6. The first-order valence-corrected chi connectivity index (χ1v) is 8.11. The minimum absolute atomic E-state index is 0.190. The summed E-state index contributed by atoms with van der Waals surface area (Å²) >= 11 is 0. The zero-order valence-corrected chi connectivity index (χ0v) is 14.0. The molecule has 26 heavy (non-hydrogen) atoms. The van der Waals surface area contributed by atoms with Crippen molar-refractivity contribution in [2.24, 2.45) is 5.73 Å². The number of fused-ring (bicyclic) bond motifs is 2. The van der Waals surface area contributed by atoms with Crippen molar-refractivity contribution < 1.29 is 19.6 Å². The Kier molecular flexibility index (Phi) is 3.47. The van der Waals surface area contributed by atoms with Crippen LogP contribution in [0.5, 0.6) is 0 Å². The molecular weight excluding hydrogens is 332 g/mol. The van der Waals surface area contributed by atoms with Crippen LogP contribution in [-0.2, 0) is 15.3 Å². The molecule has 0 unspecified atom stereocenters. The second kappa shape index (κ2) is 5.69. The molecule has 0 bridgehead atoms. The van der Waals surface area contributed by atoms with Crippen molar-refractivity contribution in [3.05, 3.63) is 60.2 Å². The smallest absolute Gasteiger partial charge is 0.290 e. The van der Waals surface area contributed by atoms with Crippen LogP contribution in [0.3, 0.4) is 0 Å². The predicted molar refractivity (Wildman–Crippen MR) is 95.6 cm³/mol. The Bertz CT molecular complexity index is 969. The third kappa shape index (κ3) is 2.31. The maximum atomic E-state index is 13.2. The molecule has 0 fully saturated rings. The van der Waals surface area contributed by atoms with Gasteiger partial charge in [-0.05, 0) is 24.3 Å². The van der Waals surface area contributed by atoms with Crippen LogP contribution < -0.4 is 31.3 Å². The summed E-state index contributed by atoms with van der Waals surface area (Å²) in [4.78, 5) is 32.5. The van der Waals surface area contributed by atoms with Gasteiger partial charge in [-0.2, -0.15) is 5.32 Å². The van der Waals surface area contributed by atoms with Crippen molar-refractivity contribution in [1.29, 1.82) is 0 Å². The number of rotatable bonds is 1. The van der Waals surface area contributed by atoms with E-state index in [2.05, 4.69) is 20.6 Å². The first kappa shape index (κ1) is 15.8. The molecule has 0 saturated heterocycles. The SMILES string of the molecule is CC(=O)N1C(=O)[C@]2([NH+]=C(N)NC(Nc3ccccc3)=[NH+]2)c2ccccc21. The quantitative estimate of drug-likeness (QED) is 0.383. The van der Waals surface area contributed by atoms with E-state index in [1.54, 1.807) is 18.2 Å². The summed E-state index contributed by atoms with van der Waals surface area (Å²) in [6.45, 7) is 1.36. The van der Waals surface area contributed by atoms with Gasteiger partial charge in [0, 0.05) is 6.92 Å². The van der Waals surface area contributed by atoms with E-state index in [9.17, 15) is 9.59 Å². The average Bonchev–Trinajstić information content (AvgIpc) is 2.84. The number of amides is 2. The number of guanidine groups is 2. The van der Waals surface area contributed by atoms with Gasteiger partial charge in [0.15, 0.2) is 0 Å². The van der Waals surface area contributed by atoms with Crippen LogP contribution in [0, 0.1) is 0 Å². The molecular formula is C18H18N6O2+2. The number of imide groups is 1. The summed E-state index contributed by atoms with van der Waals surface area (Å²) in [6.07, 6.45) is 0. The largest absolute Gasteiger partial charge is 0.361 e. The van der Waals surface area contributed by atoms with Gasteiger partial charge in [0.2, 0.25) is 5.91 Å². The van der Waals surface area contributed by atoms with Gasteiger partial charge in [0.1, 0.15) is 0 Å². The number of benzene rings is 2. The maximum absolute atomic E-state index is 13.2. The normalized spacial score (nSPS) is 21.0. The van der Waals surface area contributed by atoms with Crippen LogP contribution in [0.4, 0.5) is 11.4 Å². The van der Waals surface area contributed by atoms with E-state index in [-0.39, 0.29) is 11.9 Å². The highest BCUT2D eigenvalue weighted by atomic mass is 16.2. The van der Waals surface area contributed by atoms with Gasteiger partial charge in [-0.15, -0.1) is 0 Å². The lowest BCUT2D eigenvalue weighted by atomic mass is 10.0. The lowest BCUT2D eigenvalue weighted by molar-refractivity contribution is -0.789. The Labute approximate surface area is 149 Å². The molecule has 130 valence electrons. The number of nitrogens with zero attached hydrogens (tertiary/aromatic N) is 1. The van der Waals surface area contributed by atoms with Crippen LogP contribution in [0.2, 0.25) is 0 Å². The van der Waals surface area contributed by atoms with E-state index in [0.717, 1.165) is 10.6 Å². The Morgan fingerprint density at radius 2 is 1.81 bits per heavy atom. The van der Waals surface area contributed by atoms with Crippen molar-refractivity contribution in [1.82, 2.24) is 5.32 Å². The lowest BCUT2D eigenvalue weighted by Gasteiger charge is -2.22. The number of hydrogen-bond acceptors (Lipinski definition) is 5. The highest BCUT2D eigenvalue weighted by molar-refractivity contribution is 6.21. The summed E-state index contributed by atoms with van der Waals surface area (Å²) < 4.78 is 0. The van der Waals surface area contributed by atoms with Gasteiger partial charge in [-0.25, -0.2) is 20.2 Å². The van der Waals surface area contributed by atoms with Crippen LogP contribution >= 0.6 is 0 Å². The number of nitrogens with two attached hydrogens (primary N) is 1. The molecule has 1 spiro atoms. The molecule has 0 aromatic heterocycles. The molecule has 4 rings (SSSR count). The molecule has 0 aliphatic carbocycles. The lowest BCUT2D eigenvalue weighted by Crippen LogP contribution is -3.14. The van der Waals surface area contributed by atoms with Crippen molar-refractivity contribution in [3.8, 4) is 0 Å². The molecule has 2 aromatic rings. The monoisotopic (exact) mass is 350 g/mol. The first-order chi connectivity index (χ1) is 12.5. The fourth-order valence-corrected chi connectivity index (χ4v) is 3.28. The Hall–Kier alpha value is -3.68. The number of carbonyl (C=O) groups excluding carboxylic acids is 2. The molecule has 2 aromatic carbocycles. The van der Waals surface area contributed by atoms with Crippen LogP contribution in [-0.4, -0.2) is 23.7 Å². The second-order valence-electron chi connectivity index (χ2n) is 6.08. The van der Waals surface area contributed by atoms with Crippen molar-refractivity contribution in [2.45, 2.75) is 12.6 Å². The Balaban J connectivity index is 1.84. The van der Waals surface area contributed by atoms with E-state index in [4.69, 9.17) is 5.73 Å². The molecule has 0 saturated carbocycles. The van der Waals surface area contributed by atoms with Gasteiger partial charge < -0.3 is 0 Å². The average molecular weight is 350 g/mol. The van der Waals surface area contributed by atoms with E-state index < -0.39 is 11.6 Å². The molecule has 1 atom stereocenters. The van der Waals surface area contributed by atoms with E-state index in [1.165, 1.54) is 6.92 Å². The number of hydrogen-bond donors (Lipinski definition) is 5. The molecule has 0 radical (unpaired) electrons. The molecule has 6 N–H and O–H groups in total. The predicted octanol–water partition coefficient (Wildman–Crippen LogP) is -2.72. The van der Waals surface area contributed by atoms with Gasteiger partial charge in [0.05, 0.1) is 16.9 Å². The first-order valence-electron chi connectivity index (χ1n) is 8.11. The van der Waals surface area contributed by atoms with Crippen molar-refractivity contribution in [3.63, 3.8) is 0 Å². The minimum atomic E-state index is -1.37. The third-order valence-electron chi connectivity index (χ3n) is 4.33. The summed E-state index contributed by atoms with van der Waals surface area (Å²) in [5, 5.41) is 6.09. The number of anilines is 2. The van der Waals surface area contributed by atoms with Crippen LogP contribution in [0.1, 0.15) is 12.5 Å². The standard InChI is InChI=1S/C18H16N6O2/c1-11(25)24-14-10-6-5-9-13(14)18(15(24)26)22-16(19)21-17(23-18)20-12-7-3-2-4-8-12/h2-10H,1H3,(H4,19,20,21,22,23)/p+2/t18-/m0/s1. The van der Waals surface area contributed by atoms with Gasteiger partial charge in [0.25, 0.3) is 0 Å². The van der Waals surface area contributed by atoms with E-state index in [0.29, 0.717) is 17.2 Å². The van der Waals surface area contributed by atoms with E-state index >= 15 is 0 Å². The molecule has 2 aliphatic rings. The maximum Gasteiger partial charge on any atom is 0.361 e. The fraction of sp³-hybridized carbons (Fsp3) is 0.111. The molecule has 2 aliphatic heterocycles. The van der Waals surface area contributed by atoms with Crippen LogP contribution in [0.25, 0.3) is 0 Å². The number of para-hydroxylation sites is 2. The van der Waals surface area contributed by atoms with Crippen LogP contribution in [0.15, 0.2) is 54.6 Å². The summed E-state index contributed by atoms with van der Waals surface area (Å²) in [5.74, 6) is -0.183. The van der Waals surface area contributed by atoms with E-state index in [1.807, 2.05) is 36.4 Å². The number of carbonyl (C=O) groups is 2. The highest BCUT2D eigenvalue weighted by Gasteiger charge is 2.57. The summed E-state index contributed by atoms with van der Waals surface area (Å²) in [7, 11) is 0. The van der Waals surface area contributed by atoms with Gasteiger partial charge in [-0.3, -0.25) is 15.3 Å². The zero-order chi connectivity index (χ0) is 18.3. The minimum Gasteiger partial charge on any atom is -0.290 e. The topological polar surface area (TPSA) is 115 Å². The molecule has 2 heterocycles. The zero-order valence-electron chi connectivity index (χ0n) is 14.0. The fourth-order valence-electron chi connectivity index (χ4n) is 3.28. The third-order valence-corrected chi connectivity index (χ3v) is 4.33. The highest BCUT2D eigenvalue weighted by Crippen LogP contribution is 2.33. The van der Waals surface area contributed by atoms with Crippen molar-refractivity contribution in [2.75, 3.05) is 10.2 Å². The molecule has 8 nitrogen and oxygen atoms in total. The molecule has 8 heteroatoms.